The minimum absolute atomic E-state index is 0.271. The Labute approximate surface area is 108 Å². The number of rotatable bonds is 5. The Kier molecular flexibility index (Phi) is 5.94. The quantitative estimate of drug-likeness (QED) is 0.794. The zero-order valence-electron chi connectivity index (χ0n) is 12.4. The Hall–Kier alpha value is -0.0800. The molecule has 102 valence electrons. The van der Waals surface area contributed by atoms with Gasteiger partial charge in [-0.15, -0.1) is 0 Å². The molecule has 1 rings (SSSR count). The van der Waals surface area contributed by atoms with Gasteiger partial charge >= 0.3 is 0 Å². The van der Waals surface area contributed by atoms with Crippen LogP contribution in [0.4, 0.5) is 0 Å². The van der Waals surface area contributed by atoms with Crippen molar-refractivity contribution in [2.24, 2.45) is 11.3 Å². The third-order valence-corrected chi connectivity index (χ3v) is 4.20. The third-order valence-electron chi connectivity index (χ3n) is 4.20. The Balaban J connectivity index is 2.34. The van der Waals surface area contributed by atoms with Gasteiger partial charge in [-0.05, 0) is 31.2 Å². The van der Waals surface area contributed by atoms with Crippen LogP contribution in [0.5, 0.6) is 0 Å². The normalized spacial score (nSPS) is 28.1. The molecule has 0 aromatic rings. The van der Waals surface area contributed by atoms with Crippen LogP contribution >= 0.6 is 0 Å². The van der Waals surface area contributed by atoms with E-state index in [1.54, 1.807) is 0 Å². The number of hydrogen-bond donors (Lipinski definition) is 1. The summed E-state index contributed by atoms with van der Waals surface area (Å²) in [4.78, 5) is 0. The highest BCUT2D eigenvalue weighted by Gasteiger charge is 2.26. The van der Waals surface area contributed by atoms with Crippen LogP contribution in [0.3, 0.4) is 0 Å². The standard InChI is InChI=1S/C15H31NO/c1-6-12-8-7-9-13(10-12)17-11-14(16-5)15(2,3)4/h12-14,16H,6-11H2,1-5H3. The van der Waals surface area contributed by atoms with E-state index < -0.39 is 0 Å². The second-order valence-corrected chi connectivity index (χ2v) is 6.60. The van der Waals surface area contributed by atoms with Gasteiger partial charge < -0.3 is 10.1 Å². The van der Waals surface area contributed by atoms with Gasteiger partial charge in [-0.3, -0.25) is 0 Å². The summed E-state index contributed by atoms with van der Waals surface area (Å²) >= 11 is 0. The smallest absolute Gasteiger partial charge is 0.0628 e. The van der Waals surface area contributed by atoms with Crippen molar-refractivity contribution in [3.63, 3.8) is 0 Å². The summed E-state index contributed by atoms with van der Waals surface area (Å²) in [5.41, 5.74) is 0.271. The molecular weight excluding hydrogens is 210 g/mol. The van der Waals surface area contributed by atoms with Gasteiger partial charge in [0.25, 0.3) is 0 Å². The van der Waals surface area contributed by atoms with Crippen LogP contribution in [0, 0.1) is 11.3 Å². The lowest BCUT2D eigenvalue weighted by molar-refractivity contribution is -0.0120. The molecule has 0 bridgehead atoms. The van der Waals surface area contributed by atoms with E-state index in [0.717, 1.165) is 12.5 Å². The molecule has 1 aliphatic carbocycles. The monoisotopic (exact) mass is 241 g/mol. The predicted octanol–water partition coefficient (Wildman–Crippen LogP) is 3.61. The highest BCUT2D eigenvalue weighted by Crippen LogP contribution is 2.29. The Morgan fingerprint density at radius 1 is 1.29 bits per heavy atom. The lowest BCUT2D eigenvalue weighted by Crippen LogP contribution is -2.43. The van der Waals surface area contributed by atoms with Gasteiger partial charge in [0.15, 0.2) is 0 Å². The van der Waals surface area contributed by atoms with E-state index >= 15 is 0 Å². The first-order valence-corrected chi connectivity index (χ1v) is 7.26. The SMILES string of the molecule is CCC1CCCC(OCC(NC)C(C)(C)C)C1. The third kappa shape index (κ3) is 4.97. The molecule has 0 amide bonds. The maximum Gasteiger partial charge on any atom is 0.0628 e. The lowest BCUT2D eigenvalue weighted by atomic mass is 9.85. The summed E-state index contributed by atoms with van der Waals surface area (Å²) in [6, 6.07) is 0.449. The van der Waals surface area contributed by atoms with Crippen molar-refractivity contribution in [1.82, 2.24) is 5.32 Å². The molecule has 0 spiro atoms. The minimum atomic E-state index is 0.271. The first-order valence-electron chi connectivity index (χ1n) is 7.26. The Morgan fingerprint density at radius 2 is 2.00 bits per heavy atom. The first-order chi connectivity index (χ1) is 7.97. The van der Waals surface area contributed by atoms with Crippen LogP contribution < -0.4 is 5.32 Å². The summed E-state index contributed by atoms with van der Waals surface area (Å²) in [5, 5.41) is 3.38. The van der Waals surface area contributed by atoms with Crippen molar-refractivity contribution in [3.8, 4) is 0 Å². The second-order valence-electron chi connectivity index (χ2n) is 6.60. The molecular formula is C15H31NO. The lowest BCUT2D eigenvalue weighted by Gasteiger charge is -2.34. The molecule has 0 radical (unpaired) electrons. The molecule has 2 nitrogen and oxygen atoms in total. The minimum Gasteiger partial charge on any atom is -0.377 e. The van der Waals surface area contributed by atoms with Crippen LogP contribution in [0.15, 0.2) is 0 Å². The van der Waals surface area contributed by atoms with E-state index in [4.69, 9.17) is 4.74 Å². The predicted molar refractivity (Wildman–Crippen MR) is 74.3 cm³/mol. The zero-order valence-corrected chi connectivity index (χ0v) is 12.4. The average molecular weight is 241 g/mol. The summed E-state index contributed by atoms with van der Waals surface area (Å²) in [5.74, 6) is 0.899. The summed E-state index contributed by atoms with van der Waals surface area (Å²) in [6.07, 6.45) is 7.11. The first kappa shape index (κ1) is 15.0. The molecule has 0 aliphatic heterocycles. The van der Waals surface area contributed by atoms with Gasteiger partial charge in [-0.1, -0.05) is 47.0 Å². The maximum atomic E-state index is 6.13. The van der Waals surface area contributed by atoms with Crippen LogP contribution in [0.25, 0.3) is 0 Å². The van der Waals surface area contributed by atoms with E-state index in [1.807, 2.05) is 7.05 Å². The molecule has 1 fully saturated rings. The average Bonchev–Trinajstić information content (AvgIpc) is 2.28. The summed E-state index contributed by atoms with van der Waals surface area (Å²) in [7, 11) is 2.04. The van der Waals surface area contributed by atoms with Crippen LogP contribution in [-0.2, 0) is 4.74 Å². The number of hydrogen-bond acceptors (Lipinski definition) is 2. The van der Waals surface area contributed by atoms with Crippen molar-refractivity contribution < 1.29 is 4.74 Å². The fourth-order valence-electron chi connectivity index (χ4n) is 2.76. The van der Waals surface area contributed by atoms with E-state index in [0.29, 0.717) is 12.1 Å². The largest absolute Gasteiger partial charge is 0.377 e. The molecule has 0 saturated heterocycles. The fourth-order valence-corrected chi connectivity index (χ4v) is 2.76. The molecule has 1 saturated carbocycles. The van der Waals surface area contributed by atoms with Crippen molar-refractivity contribution in [2.75, 3.05) is 13.7 Å². The molecule has 2 heteroatoms. The second kappa shape index (κ2) is 6.75. The number of nitrogens with one attached hydrogen (secondary N) is 1. The van der Waals surface area contributed by atoms with Crippen molar-refractivity contribution >= 4 is 0 Å². The summed E-state index contributed by atoms with van der Waals surface area (Å²) in [6.45, 7) is 9.97. The van der Waals surface area contributed by atoms with E-state index in [9.17, 15) is 0 Å². The molecule has 0 heterocycles. The van der Waals surface area contributed by atoms with Crippen LogP contribution in [0.1, 0.15) is 59.8 Å². The molecule has 0 aromatic carbocycles. The molecule has 0 aromatic heterocycles. The topological polar surface area (TPSA) is 21.3 Å². The van der Waals surface area contributed by atoms with Gasteiger partial charge in [-0.25, -0.2) is 0 Å². The highest BCUT2D eigenvalue weighted by atomic mass is 16.5. The van der Waals surface area contributed by atoms with Crippen molar-refractivity contribution in [3.05, 3.63) is 0 Å². The molecule has 1 N–H and O–H groups in total. The van der Waals surface area contributed by atoms with Crippen molar-refractivity contribution in [1.29, 1.82) is 0 Å². The Morgan fingerprint density at radius 3 is 2.53 bits per heavy atom. The number of likely N-dealkylation sites (N-methyl/N-ethyl adjacent to an activating group) is 1. The van der Waals surface area contributed by atoms with Crippen LogP contribution in [0.2, 0.25) is 0 Å². The van der Waals surface area contributed by atoms with Gasteiger partial charge in [-0.2, -0.15) is 0 Å². The van der Waals surface area contributed by atoms with Gasteiger partial charge in [0.1, 0.15) is 0 Å². The molecule has 3 unspecified atom stereocenters. The van der Waals surface area contributed by atoms with Gasteiger partial charge in [0.05, 0.1) is 12.7 Å². The summed E-state index contributed by atoms with van der Waals surface area (Å²) < 4.78 is 6.13. The van der Waals surface area contributed by atoms with Crippen LogP contribution in [-0.4, -0.2) is 25.8 Å². The zero-order chi connectivity index (χ0) is 12.9. The maximum absolute atomic E-state index is 6.13. The molecule has 1 aliphatic rings. The van der Waals surface area contributed by atoms with E-state index in [2.05, 4.69) is 33.0 Å². The van der Waals surface area contributed by atoms with Crippen molar-refractivity contribution in [2.45, 2.75) is 71.9 Å². The molecule has 3 atom stereocenters. The fraction of sp³-hybridized carbons (Fsp3) is 1.00. The van der Waals surface area contributed by atoms with Gasteiger partial charge in [0, 0.05) is 6.04 Å². The van der Waals surface area contributed by atoms with E-state index in [-0.39, 0.29) is 5.41 Å². The number of ether oxygens (including phenoxy) is 1. The Bertz CT molecular complexity index is 209. The highest BCUT2D eigenvalue weighted by molar-refractivity contribution is 4.80. The van der Waals surface area contributed by atoms with E-state index in [1.165, 1.54) is 32.1 Å². The van der Waals surface area contributed by atoms with Gasteiger partial charge in [0.2, 0.25) is 0 Å². The molecule has 17 heavy (non-hydrogen) atoms.